The number of hydrogen-bond acceptors (Lipinski definition) is 5. The molecule has 0 bridgehead atoms. The fraction of sp³-hybridized carbons (Fsp3) is 0.474. The maximum absolute atomic E-state index is 12.8. The smallest absolute Gasteiger partial charge is 0.326 e. The van der Waals surface area contributed by atoms with Gasteiger partial charge in [0, 0.05) is 0 Å². The second-order valence-corrected chi connectivity index (χ2v) is 6.91. The van der Waals surface area contributed by atoms with Crippen LogP contribution < -0.4 is 5.32 Å². The second kappa shape index (κ2) is 7.16. The average molecular weight is 355 g/mol. The van der Waals surface area contributed by atoms with E-state index >= 15 is 0 Å². The lowest BCUT2D eigenvalue weighted by atomic mass is 9.73. The summed E-state index contributed by atoms with van der Waals surface area (Å²) in [5.41, 5.74) is 0.376. The van der Waals surface area contributed by atoms with Crippen molar-refractivity contribution in [1.29, 1.82) is 5.26 Å². The summed E-state index contributed by atoms with van der Waals surface area (Å²) in [7, 11) is 0. The molecule has 1 aliphatic carbocycles. The first-order chi connectivity index (χ1) is 12.5. The van der Waals surface area contributed by atoms with Gasteiger partial charge in [0.25, 0.3) is 5.91 Å². The fourth-order valence-corrected chi connectivity index (χ4v) is 3.65. The molecule has 1 heterocycles. The molecule has 7 heteroatoms. The Labute approximate surface area is 151 Å². The van der Waals surface area contributed by atoms with Crippen LogP contribution in [0.3, 0.4) is 0 Å². The molecule has 1 aromatic carbocycles. The van der Waals surface area contributed by atoms with Gasteiger partial charge in [-0.05, 0) is 36.5 Å². The van der Waals surface area contributed by atoms with E-state index in [0.717, 1.165) is 29.7 Å². The van der Waals surface area contributed by atoms with Crippen LogP contribution in [0.2, 0.25) is 0 Å². The molecule has 7 nitrogen and oxygen atoms in total. The Morgan fingerprint density at radius 3 is 2.73 bits per heavy atom. The molecule has 26 heavy (non-hydrogen) atoms. The summed E-state index contributed by atoms with van der Waals surface area (Å²) in [6.07, 6.45) is 3.41. The summed E-state index contributed by atoms with van der Waals surface area (Å²) in [6.45, 7) is 1.59. The van der Waals surface area contributed by atoms with E-state index in [1.807, 2.05) is 13.0 Å². The zero-order valence-electron chi connectivity index (χ0n) is 14.7. The maximum atomic E-state index is 12.8. The minimum atomic E-state index is -0.872. The van der Waals surface area contributed by atoms with Gasteiger partial charge in [0.15, 0.2) is 0 Å². The number of esters is 1. The van der Waals surface area contributed by atoms with Crippen molar-refractivity contribution in [2.24, 2.45) is 5.92 Å². The Morgan fingerprint density at radius 1 is 1.35 bits per heavy atom. The molecular weight excluding hydrogens is 334 g/mol. The van der Waals surface area contributed by atoms with Gasteiger partial charge < -0.3 is 10.1 Å². The number of rotatable bonds is 4. The first-order valence-corrected chi connectivity index (χ1v) is 8.75. The van der Waals surface area contributed by atoms with Gasteiger partial charge in [-0.15, -0.1) is 0 Å². The number of urea groups is 1. The molecule has 1 spiro atoms. The van der Waals surface area contributed by atoms with Crippen molar-refractivity contribution in [3.63, 3.8) is 0 Å². The van der Waals surface area contributed by atoms with Gasteiger partial charge in [-0.25, -0.2) is 4.79 Å². The molecule has 0 aromatic heterocycles. The lowest BCUT2D eigenvalue weighted by Crippen LogP contribution is -2.54. The molecule has 0 unspecified atom stereocenters. The highest BCUT2D eigenvalue weighted by atomic mass is 16.5. The summed E-state index contributed by atoms with van der Waals surface area (Å²) < 4.78 is 5.17. The number of imide groups is 1. The molecule has 2 aliphatic rings. The van der Waals surface area contributed by atoms with Crippen LogP contribution in [0, 0.1) is 17.2 Å². The highest BCUT2D eigenvalue weighted by Crippen LogP contribution is 2.38. The number of nitrogens with one attached hydrogen (secondary N) is 1. The third kappa shape index (κ3) is 3.27. The quantitative estimate of drug-likeness (QED) is 0.659. The number of carbonyl (C=O) groups is 3. The molecule has 2 fully saturated rings. The Morgan fingerprint density at radius 2 is 2.08 bits per heavy atom. The molecule has 1 aromatic rings. The Balaban J connectivity index is 1.59. The van der Waals surface area contributed by atoms with Crippen molar-refractivity contribution < 1.29 is 19.1 Å². The predicted molar refractivity (Wildman–Crippen MR) is 91.6 cm³/mol. The predicted octanol–water partition coefficient (Wildman–Crippen LogP) is 2.10. The van der Waals surface area contributed by atoms with E-state index in [2.05, 4.69) is 5.32 Å². The van der Waals surface area contributed by atoms with Gasteiger partial charge in [-0.1, -0.05) is 31.9 Å². The molecule has 3 rings (SSSR count). The van der Waals surface area contributed by atoms with Crippen molar-refractivity contribution in [3.05, 3.63) is 35.4 Å². The van der Waals surface area contributed by atoms with Gasteiger partial charge >= 0.3 is 12.0 Å². The van der Waals surface area contributed by atoms with Gasteiger partial charge in [-0.3, -0.25) is 14.5 Å². The number of ether oxygens (including phenoxy) is 1. The van der Waals surface area contributed by atoms with E-state index < -0.39 is 24.1 Å². The number of nitrogens with zero attached hydrogens (tertiary/aromatic N) is 2. The fourth-order valence-electron chi connectivity index (χ4n) is 3.65. The van der Waals surface area contributed by atoms with Crippen molar-refractivity contribution in [2.75, 3.05) is 6.54 Å². The van der Waals surface area contributed by atoms with E-state index in [-0.39, 0.29) is 18.4 Å². The minimum Gasteiger partial charge on any atom is -0.459 e. The highest BCUT2D eigenvalue weighted by Gasteiger charge is 2.55. The van der Waals surface area contributed by atoms with Crippen LogP contribution in [0.1, 0.15) is 43.7 Å². The first-order valence-electron chi connectivity index (χ1n) is 8.75. The zero-order chi connectivity index (χ0) is 18.7. The SMILES string of the molecule is C[C@@H]1CCCC[C@]12NC(=O)N(CC(=O)OCc1ccc(C#N)cc1)C2=O. The molecule has 1 saturated heterocycles. The normalized spacial score (nSPS) is 25.1. The summed E-state index contributed by atoms with van der Waals surface area (Å²) in [5, 5.41) is 11.6. The first kappa shape index (κ1) is 17.9. The molecule has 136 valence electrons. The van der Waals surface area contributed by atoms with Crippen LogP contribution in [0.15, 0.2) is 24.3 Å². The lowest BCUT2D eigenvalue weighted by Gasteiger charge is -2.36. The van der Waals surface area contributed by atoms with Crippen LogP contribution in [0.4, 0.5) is 4.79 Å². The number of hydrogen-bond donors (Lipinski definition) is 1. The van der Waals surface area contributed by atoms with Gasteiger partial charge in [0.1, 0.15) is 18.7 Å². The lowest BCUT2D eigenvalue weighted by molar-refractivity contribution is -0.149. The molecule has 2 atom stereocenters. The van der Waals surface area contributed by atoms with Crippen molar-refractivity contribution in [2.45, 2.75) is 44.8 Å². The zero-order valence-corrected chi connectivity index (χ0v) is 14.7. The van der Waals surface area contributed by atoms with Gasteiger partial charge in [0.2, 0.25) is 0 Å². The van der Waals surface area contributed by atoms with Crippen molar-refractivity contribution in [3.8, 4) is 6.07 Å². The van der Waals surface area contributed by atoms with Crippen LogP contribution in [0.5, 0.6) is 0 Å². The van der Waals surface area contributed by atoms with E-state index in [1.54, 1.807) is 24.3 Å². The molecule has 3 amide bonds. The number of benzene rings is 1. The maximum Gasteiger partial charge on any atom is 0.326 e. The summed E-state index contributed by atoms with van der Waals surface area (Å²) >= 11 is 0. The van der Waals surface area contributed by atoms with Crippen LogP contribution >= 0.6 is 0 Å². The number of nitriles is 1. The third-order valence-electron chi connectivity index (χ3n) is 5.27. The Hall–Kier alpha value is -2.88. The molecule has 1 saturated carbocycles. The molecular formula is C19H21N3O4. The standard InChI is InChI=1S/C19H21N3O4/c1-13-4-2-3-9-19(13)17(24)22(18(25)21-19)11-16(23)26-12-15-7-5-14(10-20)6-8-15/h5-8,13H,2-4,9,11-12H2,1H3,(H,21,25)/t13-,19+/m1/s1. The third-order valence-corrected chi connectivity index (χ3v) is 5.27. The monoisotopic (exact) mass is 355 g/mol. The summed E-state index contributed by atoms with van der Waals surface area (Å²) in [4.78, 5) is 38.1. The van der Waals surface area contributed by atoms with Crippen molar-refractivity contribution in [1.82, 2.24) is 10.2 Å². The highest BCUT2D eigenvalue weighted by molar-refractivity contribution is 6.08. The average Bonchev–Trinajstić information content (AvgIpc) is 2.88. The van der Waals surface area contributed by atoms with E-state index in [4.69, 9.17) is 10.00 Å². The molecule has 1 aliphatic heterocycles. The minimum absolute atomic E-state index is 0.0235. The number of carbonyl (C=O) groups excluding carboxylic acids is 3. The Kier molecular flexibility index (Phi) is 4.94. The molecule has 1 N–H and O–H groups in total. The summed E-state index contributed by atoms with van der Waals surface area (Å²) in [6, 6.07) is 8.14. The number of amides is 3. The van der Waals surface area contributed by atoms with E-state index in [1.165, 1.54) is 0 Å². The molecule has 0 radical (unpaired) electrons. The van der Waals surface area contributed by atoms with Crippen molar-refractivity contribution >= 4 is 17.9 Å². The van der Waals surface area contributed by atoms with Crippen LogP contribution in [-0.2, 0) is 20.9 Å². The summed E-state index contributed by atoms with van der Waals surface area (Å²) in [5.74, 6) is -0.921. The van der Waals surface area contributed by atoms with Crippen LogP contribution in [-0.4, -0.2) is 34.9 Å². The topological polar surface area (TPSA) is 99.5 Å². The van der Waals surface area contributed by atoms with Crippen LogP contribution in [0.25, 0.3) is 0 Å². The largest absolute Gasteiger partial charge is 0.459 e. The van der Waals surface area contributed by atoms with E-state index in [0.29, 0.717) is 12.0 Å². The Bertz CT molecular complexity index is 768. The second-order valence-electron chi connectivity index (χ2n) is 6.91. The van der Waals surface area contributed by atoms with E-state index in [9.17, 15) is 14.4 Å². The van der Waals surface area contributed by atoms with Gasteiger partial charge in [0.05, 0.1) is 11.6 Å². The van der Waals surface area contributed by atoms with Gasteiger partial charge in [-0.2, -0.15) is 5.26 Å².